The van der Waals surface area contributed by atoms with Gasteiger partial charge in [0.25, 0.3) is 0 Å². The molecule has 120 valence electrons. The van der Waals surface area contributed by atoms with Gasteiger partial charge >= 0.3 is 7.82 Å². The maximum atomic E-state index is 11.1. The average molecular weight is 308 g/mol. The number of phosphoric acid groups is 1. The van der Waals surface area contributed by atoms with Gasteiger partial charge in [0.2, 0.25) is 0 Å². The topological polar surface area (TPSA) is 72.8 Å². The minimum absolute atomic E-state index is 0.288. The van der Waals surface area contributed by atoms with Gasteiger partial charge in [-0.1, -0.05) is 33.1 Å². The number of hydrogen-bond donors (Lipinski definition) is 1. The van der Waals surface area contributed by atoms with Crippen molar-refractivity contribution in [2.24, 2.45) is 0 Å². The molecular formula is C14H29O5P. The molecule has 5 nitrogen and oxygen atoms in total. The molecule has 0 aromatic carbocycles. The van der Waals surface area contributed by atoms with Crippen LogP contribution in [0.4, 0.5) is 0 Å². The molecule has 0 aromatic heterocycles. The fourth-order valence-corrected chi connectivity index (χ4v) is 2.43. The Morgan fingerprint density at radius 2 is 1.45 bits per heavy atom. The Morgan fingerprint density at radius 3 is 1.75 bits per heavy atom. The van der Waals surface area contributed by atoms with Crippen LogP contribution in [0.3, 0.4) is 0 Å². The molecule has 1 fully saturated rings. The highest BCUT2D eigenvalue weighted by atomic mass is 31.2. The van der Waals surface area contributed by atoms with E-state index in [2.05, 4.69) is 0 Å². The Labute approximate surface area is 122 Å². The molecule has 0 unspecified atom stereocenters. The summed E-state index contributed by atoms with van der Waals surface area (Å²) in [6.45, 7) is 4.56. The average Bonchev–Trinajstić information content (AvgIpc) is 2.41. The van der Waals surface area contributed by atoms with Gasteiger partial charge in [-0.2, -0.15) is 0 Å². The van der Waals surface area contributed by atoms with Crippen LogP contribution in [-0.4, -0.2) is 23.9 Å². The van der Waals surface area contributed by atoms with Gasteiger partial charge in [-0.3, -0.25) is 13.8 Å². The highest BCUT2D eigenvalue weighted by Gasteiger charge is 2.19. The molecule has 0 bridgehead atoms. The minimum atomic E-state index is -3.75. The van der Waals surface area contributed by atoms with Crippen molar-refractivity contribution in [2.45, 2.75) is 71.6 Å². The summed E-state index contributed by atoms with van der Waals surface area (Å²) in [5, 5.41) is 0. The first-order chi connectivity index (χ1) is 9.52. The molecule has 0 heterocycles. The number of Topliss-reactive ketones (excluding diaryl/α,β-unsaturated/α-hetero) is 1. The maximum Gasteiger partial charge on any atom is 0.472 e. The van der Waals surface area contributed by atoms with Crippen LogP contribution in [-0.2, 0) is 18.4 Å². The molecule has 1 saturated carbocycles. The molecule has 0 aliphatic heterocycles. The van der Waals surface area contributed by atoms with Gasteiger partial charge in [0.15, 0.2) is 0 Å². The fraction of sp³-hybridized carbons (Fsp3) is 0.929. The number of phosphoric ester groups is 1. The molecule has 1 aliphatic carbocycles. The predicted molar refractivity (Wildman–Crippen MR) is 79.6 cm³/mol. The lowest BCUT2D eigenvalue weighted by atomic mass is 10.00. The third-order valence-electron chi connectivity index (χ3n) is 2.92. The molecule has 1 aliphatic rings. The molecule has 6 heteroatoms. The zero-order chi connectivity index (χ0) is 15.3. The highest BCUT2D eigenvalue weighted by Crippen LogP contribution is 2.43. The van der Waals surface area contributed by atoms with Gasteiger partial charge in [-0.15, -0.1) is 0 Å². The zero-order valence-electron chi connectivity index (χ0n) is 12.8. The molecule has 0 amide bonds. The lowest BCUT2D eigenvalue weighted by molar-refractivity contribution is -0.120. The standard InChI is InChI=1S/C8H19O4P.C6H10O/c1-3-5-7-11-13(9,10)12-8-6-4-2;7-6-4-2-1-3-5-6/h3-8H2,1-2H3,(H,9,10);1-5H2. The molecule has 0 radical (unpaired) electrons. The van der Waals surface area contributed by atoms with Crippen LogP contribution in [0.15, 0.2) is 0 Å². The summed E-state index contributed by atoms with van der Waals surface area (Å²) >= 11 is 0. The summed E-state index contributed by atoms with van der Waals surface area (Å²) in [5.41, 5.74) is 0. The van der Waals surface area contributed by atoms with Crippen LogP contribution in [0, 0.1) is 0 Å². The molecule has 0 spiro atoms. The zero-order valence-corrected chi connectivity index (χ0v) is 13.7. The number of unbranched alkanes of at least 4 members (excludes halogenated alkanes) is 2. The number of hydrogen-bond acceptors (Lipinski definition) is 4. The lowest BCUT2D eigenvalue weighted by Crippen LogP contribution is -2.02. The summed E-state index contributed by atoms with van der Waals surface area (Å²) in [4.78, 5) is 19.5. The van der Waals surface area contributed by atoms with E-state index in [-0.39, 0.29) is 13.2 Å². The van der Waals surface area contributed by atoms with Gasteiger partial charge in [0, 0.05) is 12.8 Å². The van der Waals surface area contributed by atoms with E-state index in [4.69, 9.17) is 13.9 Å². The van der Waals surface area contributed by atoms with Crippen molar-refractivity contribution in [3.05, 3.63) is 0 Å². The van der Waals surface area contributed by atoms with Crippen molar-refractivity contribution in [3.63, 3.8) is 0 Å². The van der Waals surface area contributed by atoms with E-state index in [0.29, 0.717) is 5.78 Å². The van der Waals surface area contributed by atoms with Crippen LogP contribution >= 0.6 is 7.82 Å². The third-order valence-corrected chi connectivity index (χ3v) is 3.93. The van der Waals surface area contributed by atoms with Crippen molar-refractivity contribution in [1.82, 2.24) is 0 Å². The van der Waals surface area contributed by atoms with E-state index in [1.807, 2.05) is 13.8 Å². The van der Waals surface area contributed by atoms with Crippen molar-refractivity contribution >= 4 is 13.6 Å². The highest BCUT2D eigenvalue weighted by molar-refractivity contribution is 7.47. The summed E-state index contributed by atoms with van der Waals surface area (Å²) in [7, 11) is -3.75. The van der Waals surface area contributed by atoms with Gasteiger partial charge in [-0.25, -0.2) is 4.57 Å². The van der Waals surface area contributed by atoms with Crippen molar-refractivity contribution < 1.29 is 23.3 Å². The summed E-state index contributed by atoms with van der Waals surface area (Å²) in [5.74, 6) is 0.464. The number of ketones is 1. The Kier molecular flexibility index (Phi) is 12.4. The van der Waals surface area contributed by atoms with Crippen molar-refractivity contribution in [1.29, 1.82) is 0 Å². The van der Waals surface area contributed by atoms with Gasteiger partial charge < -0.3 is 4.89 Å². The van der Waals surface area contributed by atoms with E-state index in [1.54, 1.807) is 0 Å². The summed E-state index contributed by atoms with van der Waals surface area (Å²) in [6.07, 6.45) is 8.68. The van der Waals surface area contributed by atoms with Gasteiger partial charge in [0.1, 0.15) is 5.78 Å². The molecule has 0 aromatic rings. The Hall–Kier alpha value is -0.220. The second-order valence-corrected chi connectivity index (χ2v) is 6.39. The smallest absolute Gasteiger partial charge is 0.302 e. The van der Waals surface area contributed by atoms with Crippen LogP contribution < -0.4 is 0 Å². The molecule has 1 rings (SSSR count). The van der Waals surface area contributed by atoms with Gasteiger partial charge in [-0.05, 0) is 25.7 Å². The quantitative estimate of drug-likeness (QED) is 0.536. The molecule has 0 atom stereocenters. The van der Waals surface area contributed by atoms with Crippen LogP contribution in [0.2, 0.25) is 0 Å². The van der Waals surface area contributed by atoms with Crippen LogP contribution in [0.1, 0.15) is 71.6 Å². The minimum Gasteiger partial charge on any atom is -0.302 e. The molecule has 20 heavy (non-hydrogen) atoms. The Bertz CT molecular complexity index is 271. The first kappa shape index (κ1) is 19.8. The van der Waals surface area contributed by atoms with E-state index < -0.39 is 7.82 Å². The van der Waals surface area contributed by atoms with Crippen molar-refractivity contribution in [3.8, 4) is 0 Å². The van der Waals surface area contributed by atoms with Crippen molar-refractivity contribution in [2.75, 3.05) is 13.2 Å². The van der Waals surface area contributed by atoms with E-state index in [9.17, 15) is 9.36 Å². The maximum absolute atomic E-state index is 11.1. The number of carbonyl (C=O) groups excluding carboxylic acids is 1. The van der Waals surface area contributed by atoms with Crippen LogP contribution in [0.5, 0.6) is 0 Å². The molecule has 0 saturated heterocycles. The first-order valence-corrected chi connectivity index (χ1v) is 9.15. The SMILES string of the molecule is CCCCOP(=O)(O)OCCCC.O=C1CCCCC1. The van der Waals surface area contributed by atoms with E-state index in [0.717, 1.165) is 51.4 Å². The second-order valence-electron chi connectivity index (χ2n) is 4.94. The monoisotopic (exact) mass is 308 g/mol. The van der Waals surface area contributed by atoms with Crippen LogP contribution in [0.25, 0.3) is 0 Å². The molecule has 1 N–H and O–H groups in total. The first-order valence-electron chi connectivity index (χ1n) is 7.65. The third kappa shape index (κ3) is 12.8. The fourth-order valence-electron chi connectivity index (χ4n) is 1.63. The Balaban J connectivity index is 0.000000428. The molecular weight excluding hydrogens is 279 g/mol. The predicted octanol–water partition coefficient (Wildman–Crippen LogP) is 4.24. The summed E-state index contributed by atoms with van der Waals surface area (Å²) < 4.78 is 20.5. The number of rotatable bonds is 8. The summed E-state index contributed by atoms with van der Waals surface area (Å²) in [6, 6.07) is 0. The lowest BCUT2D eigenvalue weighted by Gasteiger charge is -2.10. The normalized spacial score (nSPS) is 15.7. The second kappa shape index (κ2) is 12.5. The van der Waals surface area contributed by atoms with E-state index >= 15 is 0 Å². The van der Waals surface area contributed by atoms with E-state index in [1.165, 1.54) is 6.42 Å². The van der Waals surface area contributed by atoms with Gasteiger partial charge in [0.05, 0.1) is 13.2 Å². The largest absolute Gasteiger partial charge is 0.472 e. The number of carbonyl (C=O) groups is 1. The Morgan fingerprint density at radius 1 is 1.00 bits per heavy atom.